The van der Waals surface area contributed by atoms with E-state index in [0.717, 1.165) is 16.3 Å². The first-order chi connectivity index (χ1) is 13.5. The topological polar surface area (TPSA) is 72.1 Å². The van der Waals surface area contributed by atoms with E-state index < -0.39 is 5.97 Å². The molecular formula is C21H22N2O4S. The van der Waals surface area contributed by atoms with Crippen molar-refractivity contribution < 1.29 is 18.7 Å². The fourth-order valence-electron chi connectivity index (χ4n) is 2.88. The number of hydrogen-bond donors (Lipinski definition) is 0. The molecular weight excluding hydrogens is 376 g/mol. The quantitative estimate of drug-likeness (QED) is 0.553. The number of amides is 1. The summed E-state index contributed by atoms with van der Waals surface area (Å²) in [6.45, 7) is 7.01. The minimum absolute atomic E-state index is 0.0680. The van der Waals surface area contributed by atoms with Gasteiger partial charge in [0.05, 0.1) is 17.6 Å². The van der Waals surface area contributed by atoms with Crippen LogP contribution in [0, 0.1) is 6.92 Å². The number of carbonyl (C=O) groups excluding carboxylic acids is 2. The van der Waals surface area contributed by atoms with Crippen LogP contribution in [-0.2, 0) is 9.53 Å². The number of benzene rings is 1. The van der Waals surface area contributed by atoms with E-state index in [9.17, 15) is 9.59 Å². The number of rotatable bonds is 5. The van der Waals surface area contributed by atoms with Gasteiger partial charge >= 0.3 is 5.97 Å². The van der Waals surface area contributed by atoms with E-state index in [1.807, 2.05) is 39.0 Å². The highest BCUT2D eigenvalue weighted by Crippen LogP contribution is 2.34. The molecule has 2 heterocycles. The second kappa shape index (κ2) is 8.48. The number of ether oxygens (including phenoxy) is 1. The number of likely N-dealkylation sites (N-methyl/N-ethyl adjacent to an activating group) is 1. The maximum Gasteiger partial charge on any atom is 0.337 e. The molecule has 2 aromatic rings. The van der Waals surface area contributed by atoms with Crippen LogP contribution in [-0.4, -0.2) is 42.1 Å². The highest BCUT2D eigenvalue weighted by molar-refractivity contribution is 8.18. The molecule has 3 rings (SSSR count). The van der Waals surface area contributed by atoms with Crippen LogP contribution < -0.4 is 0 Å². The number of nitrogens with zero attached hydrogens (tertiary/aromatic N) is 2. The molecule has 1 saturated heterocycles. The van der Waals surface area contributed by atoms with E-state index in [1.165, 1.54) is 18.9 Å². The number of carbonyl (C=O) groups is 2. The van der Waals surface area contributed by atoms with Crippen LogP contribution in [0.4, 0.5) is 0 Å². The molecule has 0 bridgehead atoms. The molecule has 28 heavy (non-hydrogen) atoms. The Balaban J connectivity index is 1.91. The molecule has 7 heteroatoms. The number of amidine groups is 1. The van der Waals surface area contributed by atoms with Gasteiger partial charge in [-0.15, -0.1) is 0 Å². The van der Waals surface area contributed by atoms with Crippen LogP contribution >= 0.6 is 11.8 Å². The van der Waals surface area contributed by atoms with E-state index in [2.05, 4.69) is 4.99 Å². The lowest BCUT2D eigenvalue weighted by molar-refractivity contribution is -0.122. The molecule has 1 aliphatic rings. The van der Waals surface area contributed by atoms with Crippen molar-refractivity contribution in [2.75, 3.05) is 20.2 Å². The van der Waals surface area contributed by atoms with Crippen LogP contribution in [0.25, 0.3) is 17.4 Å². The van der Waals surface area contributed by atoms with Crippen molar-refractivity contribution in [3.8, 4) is 11.3 Å². The Morgan fingerprint density at radius 1 is 1.29 bits per heavy atom. The van der Waals surface area contributed by atoms with Gasteiger partial charge in [0.25, 0.3) is 5.91 Å². The molecule has 1 aromatic carbocycles. The highest BCUT2D eigenvalue weighted by Gasteiger charge is 2.32. The van der Waals surface area contributed by atoms with Crippen LogP contribution in [0.15, 0.2) is 44.6 Å². The lowest BCUT2D eigenvalue weighted by Gasteiger charge is -2.11. The van der Waals surface area contributed by atoms with E-state index in [1.54, 1.807) is 23.1 Å². The SMILES string of the molecule is CCN=C1S/C(=C\c2ccc(-c3cc(C(=O)OC)ccc3C)o2)C(=O)N1CC. The van der Waals surface area contributed by atoms with Crippen molar-refractivity contribution in [1.29, 1.82) is 0 Å². The molecule has 6 nitrogen and oxygen atoms in total. The second-order valence-electron chi connectivity index (χ2n) is 6.14. The van der Waals surface area contributed by atoms with Crippen LogP contribution in [0.1, 0.15) is 35.5 Å². The van der Waals surface area contributed by atoms with Gasteiger partial charge in [-0.3, -0.25) is 14.7 Å². The predicted octanol–water partition coefficient (Wildman–Crippen LogP) is 4.35. The Bertz CT molecular complexity index is 975. The average molecular weight is 398 g/mol. The summed E-state index contributed by atoms with van der Waals surface area (Å²) in [7, 11) is 1.35. The summed E-state index contributed by atoms with van der Waals surface area (Å²) in [4.78, 5) is 31.0. The normalized spacial score (nSPS) is 17.0. The van der Waals surface area contributed by atoms with Gasteiger partial charge < -0.3 is 9.15 Å². The van der Waals surface area contributed by atoms with Gasteiger partial charge in [0.2, 0.25) is 0 Å². The molecule has 1 fully saturated rings. The van der Waals surface area contributed by atoms with Gasteiger partial charge in [-0.25, -0.2) is 4.79 Å². The van der Waals surface area contributed by atoms with Gasteiger partial charge in [0.1, 0.15) is 11.5 Å². The largest absolute Gasteiger partial charge is 0.465 e. The van der Waals surface area contributed by atoms with Crippen molar-refractivity contribution in [1.82, 2.24) is 4.90 Å². The predicted molar refractivity (Wildman–Crippen MR) is 111 cm³/mol. The van der Waals surface area contributed by atoms with Gasteiger partial charge in [0.15, 0.2) is 5.17 Å². The Morgan fingerprint density at radius 3 is 2.75 bits per heavy atom. The Morgan fingerprint density at radius 2 is 2.07 bits per heavy atom. The monoisotopic (exact) mass is 398 g/mol. The first-order valence-corrected chi connectivity index (χ1v) is 9.85. The lowest BCUT2D eigenvalue weighted by Crippen LogP contribution is -2.28. The highest BCUT2D eigenvalue weighted by atomic mass is 32.2. The van der Waals surface area contributed by atoms with E-state index in [-0.39, 0.29) is 5.91 Å². The first-order valence-electron chi connectivity index (χ1n) is 9.03. The third-order valence-corrected chi connectivity index (χ3v) is 5.37. The zero-order valence-corrected chi connectivity index (χ0v) is 17.1. The summed E-state index contributed by atoms with van der Waals surface area (Å²) < 4.78 is 10.7. The zero-order chi connectivity index (χ0) is 20.3. The van der Waals surface area contributed by atoms with Gasteiger partial charge in [0, 0.05) is 24.7 Å². The molecule has 0 saturated carbocycles. The standard InChI is InChI=1S/C21H22N2O4S/c1-5-22-21-23(6-2)19(24)18(28-21)12-15-9-10-17(27-15)16-11-14(20(25)26-4)8-7-13(16)3/h7-12H,5-6H2,1-4H3/b18-12-,22-21?. The number of thioether (sulfide) groups is 1. The van der Waals surface area contributed by atoms with Gasteiger partial charge in [-0.05, 0) is 62.4 Å². The molecule has 1 aliphatic heterocycles. The summed E-state index contributed by atoms with van der Waals surface area (Å²) in [5.74, 6) is 0.731. The van der Waals surface area contributed by atoms with E-state index >= 15 is 0 Å². The number of methoxy groups -OCH3 is 1. The average Bonchev–Trinajstić information content (AvgIpc) is 3.27. The van der Waals surface area contributed by atoms with Crippen LogP contribution in [0.2, 0.25) is 0 Å². The molecule has 0 N–H and O–H groups in total. The number of aryl methyl sites for hydroxylation is 1. The zero-order valence-electron chi connectivity index (χ0n) is 16.3. The third kappa shape index (κ3) is 3.89. The first kappa shape index (κ1) is 19.9. The summed E-state index contributed by atoms with van der Waals surface area (Å²) in [5, 5.41) is 0.717. The summed E-state index contributed by atoms with van der Waals surface area (Å²) in [6, 6.07) is 8.96. The molecule has 0 aliphatic carbocycles. The smallest absolute Gasteiger partial charge is 0.337 e. The molecule has 0 radical (unpaired) electrons. The Labute approximate surface area is 168 Å². The molecule has 1 amide bonds. The van der Waals surface area contributed by atoms with Gasteiger partial charge in [-0.2, -0.15) is 0 Å². The Hall–Kier alpha value is -2.80. The number of esters is 1. The molecule has 0 unspecified atom stereocenters. The maximum absolute atomic E-state index is 12.6. The molecule has 0 atom stereocenters. The number of hydrogen-bond acceptors (Lipinski definition) is 6. The van der Waals surface area contributed by atoms with E-state index in [0.29, 0.717) is 35.1 Å². The second-order valence-corrected chi connectivity index (χ2v) is 7.15. The summed E-state index contributed by atoms with van der Waals surface area (Å²) in [5.41, 5.74) is 2.24. The van der Waals surface area contributed by atoms with Crippen LogP contribution in [0.3, 0.4) is 0 Å². The van der Waals surface area contributed by atoms with Crippen molar-refractivity contribution in [3.05, 3.63) is 52.1 Å². The van der Waals surface area contributed by atoms with Crippen molar-refractivity contribution in [2.45, 2.75) is 20.8 Å². The summed E-state index contributed by atoms with van der Waals surface area (Å²) >= 11 is 1.35. The maximum atomic E-state index is 12.6. The Kier molecular flexibility index (Phi) is 6.04. The van der Waals surface area contributed by atoms with Crippen LogP contribution in [0.5, 0.6) is 0 Å². The molecule has 0 spiro atoms. The number of furan rings is 1. The molecule has 1 aromatic heterocycles. The third-order valence-electron chi connectivity index (χ3n) is 4.32. The van der Waals surface area contributed by atoms with Crippen molar-refractivity contribution >= 4 is 34.9 Å². The van der Waals surface area contributed by atoms with E-state index in [4.69, 9.17) is 9.15 Å². The minimum Gasteiger partial charge on any atom is -0.465 e. The van der Waals surface area contributed by atoms with Crippen molar-refractivity contribution in [3.63, 3.8) is 0 Å². The minimum atomic E-state index is -0.398. The fraction of sp³-hybridized carbons (Fsp3) is 0.286. The molecule has 146 valence electrons. The number of aliphatic imine (C=N–C) groups is 1. The lowest BCUT2D eigenvalue weighted by atomic mass is 10.0. The van der Waals surface area contributed by atoms with Gasteiger partial charge in [-0.1, -0.05) is 6.07 Å². The summed E-state index contributed by atoms with van der Waals surface area (Å²) in [6.07, 6.45) is 1.73. The fourth-order valence-corrected chi connectivity index (χ4v) is 3.96. The van der Waals surface area contributed by atoms with Crippen molar-refractivity contribution in [2.24, 2.45) is 4.99 Å².